The minimum atomic E-state index is -4.40. The fourth-order valence-electron chi connectivity index (χ4n) is 1.37. The molecule has 0 heterocycles. The Balaban J connectivity index is 2.93. The Morgan fingerprint density at radius 1 is 1.44 bits per heavy atom. The standard InChI is InChI=1S/C11H11BrF3NO2/c1-18-10(17)9(16-6-11(13,14)15)7-4-2-3-5-8(7)12/h2-5,9,16H,6H2,1H3. The predicted molar refractivity (Wildman–Crippen MR) is 63.0 cm³/mol. The van der Waals surface area contributed by atoms with Crippen molar-refractivity contribution in [3.05, 3.63) is 34.3 Å². The van der Waals surface area contributed by atoms with Crippen LogP contribution >= 0.6 is 15.9 Å². The summed E-state index contributed by atoms with van der Waals surface area (Å²) < 4.78 is 41.6. The lowest BCUT2D eigenvalue weighted by atomic mass is 10.1. The second-order valence-corrected chi connectivity index (χ2v) is 4.33. The highest BCUT2D eigenvalue weighted by Crippen LogP contribution is 2.25. The van der Waals surface area contributed by atoms with Gasteiger partial charge >= 0.3 is 12.1 Å². The van der Waals surface area contributed by atoms with Gasteiger partial charge in [-0.3, -0.25) is 5.32 Å². The molecule has 0 spiro atoms. The fourth-order valence-corrected chi connectivity index (χ4v) is 1.88. The van der Waals surface area contributed by atoms with Crippen molar-refractivity contribution in [2.75, 3.05) is 13.7 Å². The van der Waals surface area contributed by atoms with E-state index in [0.29, 0.717) is 10.0 Å². The monoisotopic (exact) mass is 325 g/mol. The molecule has 1 rings (SSSR count). The van der Waals surface area contributed by atoms with E-state index in [4.69, 9.17) is 0 Å². The van der Waals surface area contributed by atoms with Crippen LogP contribution in [0.15, 0.2) is 28.7 Å². The quantitative estimate of drug-likeness (QED) is 0.865. The first-order valence-electron chi connectivity index (χ1n) is 4.97. The van der Waals surface area contributed by atoms with Gasteiger partial charge in [-0.25, -0.2) is 4.79 Å². The Morgan fingerprint density at radius 2 is 2.06 bits per heavy atom. The van der Waals surface area contributed by atoms with Crippen LogP contribution in [0, 0.1) is 0 Å². The van der Waals surface area contributed by atoms with E-state index < -0.39 is 24.7 Å². The summed E-state index contributed by atoms with van der Waals surface area (Å²) in [5, 5.41) is 2.14. The number of methoxy groups -OCH3 is 1. The summed E-state index contributed by atoms with van der Waals surface area (Å²) >= 11 is 3.19. The van der Waals surface area contributed by atoms with Gasteiger partial charge in [-0.2, -0.15) is 13.2 Å². The van der Waals surface area contributed by atoms with Crippen LogP contribution in [0.3, 0.4) is 0 Å². The predicted octanol–water partition coefficient (Wildman–Crippen LogP) is 2.82. The van der Waals surface area contributed by atoms with Gasteiger partial charge in [0.25, 0.3) is 0 Å². The van der Waals surface area contributed by atoms with Crippen LogP contribution in [-0.2, 0) is 9.53 Å². The molecule has 1 aromatic rings. The molecule has 0 amide bonds. The van der Waals surface area contributed by atoms with Gasteiger partial charge in [-0.1, -0.05) is 34.1 Å². The fraction of sp³-hybridized carbons (Fsp3) is 0.364. The van der Waals surface area contributed by atoms with E-state index in [-0.39, 0.29) is 0 Å². The number of halogens is 4. The number of alkyl halides is 3. The van der Waals surface area contributed by atoms with E-state index in [1.165, 1.54) is 0 Å². The molecule has 0 aliphatic rings. The normalized spacial score (nSPS) is 13.2. The molecule has 1 unspecified atom stereocenters. The number of ether oxygens (including phenoxy) is 1. The van der Waals surface area contributed by atoms with Gasteiger partial charge in [0.1, 0.15) is 6.04 Å². The number of hydrogen-bond donors (Lipinski definition) is 1. The van der Waals surface area contributed by atoms with Crippen LogP contribution in [0.4, 0.5) is 13.2 Å². The van der Waals surface area contributed by atoms with Crippen molar-refractivity contribution in [1.82, 2.24) is 5.32 Å². The molecule has 0 bridgehead atoms. The highest BCUT2D eigenvalue weighted by molar-refractivity contribution is 9.10. The maximum absolute atomic E-state index is 12.2. The number of carbonyl (C=O) groups is 1. The molecule has 100 valence electrons. The zero-order valence-electron chi connectivity index (χ0n) is 9.42. The molecule has 0 aliphatic heterocycles. The molecule has 3 nitrogen and oxygen atoms in total. The van der Waals surface area contributed by atoms with E-state index >= 15 is 0 Å². The first-order valence-corrected chi connectivity index (χ1v) is 5.77. The van der Waals surface area contributed by atoms with Crippen molar-refractivity contribution in [3.63, 3.8) is 0 Å². The van der Waals surface area contributed by atoms with Crippen LogP contribution in [0.2, 0.25) is 0 Å². The van der Waals surface area contributed by atoms with Gasteiger partial charge in [0.2, 0.25) is 0 Å². The third kappa shape index (κ3) is 4.30. The summed E-state index contributed by atoms with van der Waals surface area (Å²) in [6.07, 6.45) is -4.40. The number of carbonyl (C=O) groups excluding carboxylic acids is 1. The molecule has 0 radical (unpaired) electrons. The summed E-state index contributed by atoms with van der Waals surface area (Å²) in [7, 11) is 1.13. The zero-order valence-corrected chi connectivity index (χ0v) is 11.0. The van der Waals surface area contributed by atoms with E-state index in [9.17, 15) is 18.0 Å². The summed E-state index contributed by atoms with van der Waals surface area (Å²) in [5.41, 5.74) is 0.397. The van der Waals surface area contributed by atoms with Crippen LogP contribution in [0.5, 0.6) is 0 Å². The Kier molecular flexibility index (Phi) is 5.15. The van der Waals surface area contributed by atoms with Crippen LogP contribution < -0.4 is 5.32 Å². The SMILES string of the molecule is COC(=O)C(NCC(F)(F)F)c1ccccc1Br. The van der Waals surface area contributed by atoms with Gasteiger partial charge in [-0.15, -0.1) is 0 Å². The molecule has 0 aromatic heterocycles. The lowest BCUT2D eigenvalue weighted by Crippen LogP contribution is -2.36. The number of nitrogens with one attached hydrogen (secondary N) is 1. The number of rotatable bonds is 4. The molecule has 1 atom stereocenters. The summed E-state index contributed by atoms with van der Waals surface area (Å²) in [4.78, 5) is 11.5. The first-order chi connectivity index (χ1) is 8.35. The van der Waals surface area contributed by atoms with E-state index in [1.54, 1.807) is 24.3 Å². The third-order valence-corrected chi connectivity index (χ3v) is 2.88. The maximum Gasteiger partial charge on any atom is 0.401 e. The molecular weight excluding hydrogens is 315 g/mol. The maximum atomic E-state index is 12.2. The van der Waals surface area contributed by atoms with Crippen LogP contribution in [0.1, 0.15) is 11.6 Å². The summed E-state index contributed by atoms with van der Waals surface area (Å²) in [6, 6.07) is 5.36. The van der Waals surface area contributed by atoms with Gasteiger partial charge in [-0.05, 0) is 11.6 Å². The number of esters is 1. The highest BCUT2D eigenvalue weighted by atomic mass is 79.9. The number of benzene rings is 1. The van der Waals surface area contributed by atoms with Crippen molar-refractivity contribution in [1.29, 1.82) is 0 Å². The van der Waals surface area contributed by atoms with Crippen molar-refractivity contribution in [2.24, 2.45) is 0 Å². The lowest BCUT2D eigenvalue weighted by molar-refractivity contribution is -0.146. The van der Waals surface area contributed by atoms with Gasteiger partial charge in [0.05, 0.1) is 13.7 Å². The van der Waals surface area contributed by atoms with Crippen molar-refractivity contribution in [2.45, 2.75) is 12.2 Å². The van der Waals surface area contributed by atoms with Crippen molar-refractivity contribution >= 4 is 21.9 Å². The van der Waals surface area contributed by atoms with E-state index in [2.05, 4.69) is 26.0 Å². The Hall–Kier alpha value is -1.08. The molecule has 0 saturated heterocycles. The second-order valence-electron chi connectivity index (χ2n) is 3.47. The summed E-state index contributed by atoms with van der Waals surface area (Å²) in [5.74, 6) is -0.772. The third-order valence-electron chi connectivity index (χ3n) is 2.16. The van der Waals surface area contributed by atoms with Gasteiger partial charge in [0, 0.05) is 4.47 Å². The van der Waals surface area contributed by atoms with E-state index in [0.717, 1.165) is 7.11 Å². The first kappa shape index (κ1) is 15.0. The van der Waals surface area contributed by atoms with Gasteiger partial charge < -0.3 is 4.74 Å². The largest absolute Gasteiger partial charge is 0.468 e. The molecule has 0 saturated carbocycles. The molecule has 1 N–H and O–H groups in total. The minimum absolute atomic E-state index is 0.397. The Bertz CT molecular complexity index is 423. The topological polar surface area (TPSA) is 38.3 Å². The van der Waals surface area contributed by atoms with Gasteiger partial charge in [0.15, 0.2) is 0 Å². The van der Waals surface area contributed by atoms with Crippen LogP contribution in [-0.4, -0.2) is 25.8 Å². The molecule has 18 heavy (non-hydrogen) atoms. The average Bonchev–Trinajstić information content (AvgIpc) is 2.29. The second kappa shape index (κ2) is 6.19. The Morgan fingerprint density at radius 3 is 2.56 bits per heavy atom. The number of hydrogen-bond acceptors (Lipinski definition) is 3. The zero-order chi connectivity index (χ0) is 13.8. The molecule has 0 fully saturated rings. The highest BCUT2D eigenvalue weighted by Gasteiger charge is 2.31. The molecular formula is C11H11BrF3NO2. The smallest absolute Gasteiger partial charge is 0.401 e. The van der Waals surface area contributed by atoms with Crippen molar-refractivity contribution in [3.8, 4) is 0 Å². The van der Waals surface area contributed by atoms with Crippen LogP contribution in [0.25, 0.3) is 0 Å². The average molecular weight is 326 g/mol. The summed E-state index contributed by atoms with van der Waals surface area (Å²) in [6.45, 7) is -1.27. The molecule has 7 heteroatoms. The van der Waals surface area contributed by atoms with E-state index in [1.807, 2.05) is 0 Å². The minimum Gasteiger partial charge on any atom is -0.468 e. The molecule has 1 aromatic carbocycles. The lowest BCUT2D eigenvalue weighted by Gasteiger charge is -2.19. The van der Waals surface area contributed by atoms with Crippen molar-refractivity contribution < 1.29 is 22.7 Å². The Labute approximate surface area is 110 Å². The molecule has 0 aliphatic carbocycles.